The molecule has 1 N–H and O–H groups in total. The number of aromatic nitrogens is 1. The number of piperidine rings is 1. The number of carbonyl (C=O) groups excluding carboxylic acids is 1. The topological polar surface area (TPSA) is 54.5 Å². The molecule has 0 aromatic carbocycles. The van der Waals surface area contributed by atoms with Gasteiger partial charge in [0, 0.05) is 30.7 Å². The van der Waals surface area contributed by atoms with E-state index in [1.165, 1.54) is 10.1 Å². The smallest absolute Gasteiger partial charge is 0.410 e. The van der Waals surface area contributed by atoms with Crippen molar-refractivity contribution in [2.24, 2.45) is 0 Å². The number of likely N-dealkylation sites (tertiary alicyclic amines) is 1. The summed E-state index contributed by atoms with van der Waals surface area (Å²) < 4.78 is 6.63. The largest absolute Gasteiger partial charge is 0.444 e. The number of nitrogens with zero attached hydrogens (tertiary/aromatic N) is 2. The lowest BCUT2D eigenvalue weighted by atomic mass is 10.0. The Morgan fingerprint density at radius 3 is 2.78 bits per heavy atom. The van der Waals surface area contributed by atoms with Gasteiger partial charge in [-0.2, -0.15) is 0 Å². The van der Waals surface area contributed by atoms with Crippen LogP contribution in [0.2, 0.25) is 0 Å². The third kappa shape index (κ3) is 3.93. The van der Waals surface area contributed by atoms with Crippen LogP contribution >= 0.6 is 11.3 Å². The van der Waals surface area contributed by atoms with E-state index in [0.717, 1.165) is 31.6 Å². The molecule has 1 amide bonds. The van der Waals surface area contributed by atoms with Crippen molar-refractivity contribution < 1.29 is 9.53 Å². The maximum absolute atomic E-state index is 12.1. The number of anilines is 1. The number of hydrogen-bond acceptors (Lipinski definition) is 5. The van der Waals surface area contributed by atoms with Gasteiger partial charge in [0.25, 0.3) is 0 Å². The summed E-state index contributed by atoms with van der Waals surface area (Å²) in [6.07, 6.45) is 5.41. The number of hydrogen-bond donors (Lipinski definition) is 1. The third-order valence-corrected chi connectivity index (χ3v) is 4.74. The Hall–Kier alpha value is -1.82. The van der Waals surface area contributed by atoms with Crippen LogP contribution < -0.4 is 5.32 Å². The van der Waals surface area contributed by atoms with Crippen molar-refractivity contribution >= 4 is 33.2 Å². The lowest BCUT2D eigenvalue weighted by molar-refractivity contribution is 0.0210. The predicted molar refractivity (Wildman–Crippen MR) is 94.1 cm³/mol. The minimum atomic E-state index is -0.438. The summed E-state index contributed by atoms with van der Waals surface area (Å²) >= 11 is 1.70. The van der Waals surface area contributed by atoms with Crippen molar-refractivity contribution in [2.45, 2.75) is 45.3 Å². The molecule has 6 heteroatoms. The van der Waals surface area contributed by atoms with E-state index in [1.54, 1.807) is 16.2 Å². The molecule has 0 unspecified atom stereocenters. The summed E-state index contributed by atoms with van der Waals surface area (Å²) in [5, 5.41) is 6.89. The fourth-order valence-corrected chi connectivity index (χ4v) is 3.54. The first kappa shape index (κ1) is 16.1. The molecular weight excluding hydrogens is 310 g/mol. The number of nitrogens with one attached hydrogen (secondary N) is 1. The molecule has 3 heterocycles. The molecule has 0 spiro atoms. The molecule has 2 aromatic rings. The molecule has 23 heavy (non-hydrogen) atoms. The molecule has 1 fully saturated rings. The van der Waals surface area contributed by atoms with E-state index < -0.39 is 5.60 Å². The van der Waals surface area contributed by atoms with Gasteiger partial charge in [-0.3, -0.25) is 4.98 Å². The first-order valence-electron chi connectivity index (χ1n) is 7.98. The number of carbonyl (C=O) groups is 1. The molecule has 3 rings (SSSR count). The summed E-state index contributed by atoms with van der Waals surface area (Å²) in [5.41, 5.74) is 0.645. The van der Waals surface area contributed by atoms with Crippen LogP contribution in [-0.2, 0) is 4.74 Å². The highest BCUT2D eigenvalue weighted by Crippen LogP contribution is 2.28. The van der Waals surface area contributed by atoms with Gasteiger partial charge in [-0.1, -0.05) is 0 Å². The van der Waals surface area contributed by atoms with Crippen LogP contribution in [0.5, 0.6) is 0 Å². The molecule has 1 aliphatic heterocycles. The Labute approximate surface area is 140 Å². The average molecular weight is 333 g/mol. The SMILES string of the molecule is CC(C)(C)OC(=O)N1CCC(Nc2cncc3sccc23)CC1. The number of amides is 1. The van der Waals surface area contributed by atoms with Crippen molar-refractivity contribution in [3.63, 3.8) is 0 Å². The van der Waals surface area contributed by atoms with E-state index in [0.29, 0.717) is 6.04 Å². The Morgan fingerprint density at radius 1 is 1.35 bits per heavy atom. The monoisotopic (exact) mass is 333 g/mol. The maximum atomic E-state index is 12.1. The van der Waals surface area contributed by atoms with Gasteiger partial charge in [0.15, 0.2) is 0 Å². The summed E-state index contributed by atoms with van der Waals surface area (Å²) in [7, 11) is 0. The van der Waals surface area contributed by atoms with Crippen molar-refractivity contribution in [1.82, 2.24) is 9.88 Å². The van der Waals surface area contributed by atoms with E-state index in [-0.39, 0.29) is 6.09 Å². The van der Waals surface area contributed by atoms with Gasteiger partial charge in [0.1, 0.15) is 5.60 Å². The van der Waals surface area contributed by atoms with Crippen LogP contribution in [0, 0.1) is 0 Å². The highest BCUT2D eigenvalue weighted by atomic mass is 32.1. The quantitative estimate of drug-likeness (QED) is 0.898. The molecule has 0 atom stereocenters. The second-order valence-corrected chi connectivity index (χ2v) is 7.85. The molecule has 124 valence electrons. The van der Waals surface area contributed by atoms with Crippen molar-refractivity contribution in [3.05, 3.63) is 23.8 Å². The fraction of sp³-hybridized carbons (Fsp3) is 0.529. The second kappa shape index (κ2) is 6.35. The van der Waals surface area contributed by atoms with Gasteiger partial charge in [0.05, 0.1) is 16.6 Å². The molecule has 0 saturated carbocycles. The standard InChI is InChI=1S/C17H23N3O2S/c1-17(2,3)22-16(21)20-7-4-12(5-8-20)19-14-10-18-11-15-13(14)6-9-23-15/h6,9-12,19H,4-5,7-8H2,1-3H3. The van der Waals surface area contributed by atoms with E-state index in [9.17, 15) is 4.79 Å². The van der Waals surface area contributed by atoms with Crippen LogP contribution in [0.4, 0.5) is 10.5 Å². The molecule has 1 saturated heterocycles. The van der Waals surface area contributed by atoms with Crippen LogP contribution in [0.1, 0.15) is 33.6 Å². The number of pyridine rings is 1. The predicted octanol–water partition coefficient (Wildman–Crippen LogP) is 4.11. The maximum Gasteiger partial charge on any atom is 0.410 e. The van der Waals surface area contributed by atoms with E-state index in [2.05, 4.69) is 21.7 Å². The summed E-state index contributed by atoms with van der Waals surface area (Å²) in [6.45, 7) is 7.13. The highest BCUT2D eigenvalue weighted by Gasteiger charge is 2.27. The van der Waals surface area contributed by atoms with Crippen molar-refractivity contribution in [1.29, 1.82) is 0 Å². The lowest BCUT2D eigenvalue weighted by Crippen LogP contribution is -2.44. The van der Waals surface area contributed by atoms with E-state index in [1.807, 2.05) is 33.2 Å². The minimum Gasteiger partial charge on any atom is -0.444 e. The second-order valence-electron chi connectivity index (χ2n) is 6.91. The molecular formula is C17H23N3O2S. The highest BCUT2D eigenvalue weighted by molar-refractivity contribution is 7.17. The van der Waals surface area contributed by atoms with Crippen LogP contribution in [-0.4, -0.2) is 40.7 Å². The number of rotatable bonds is 2. The third-order valence-electron chi connectivity index (χ3n) is 3.89. The molecule has 0 radical (unpaired) electrons. The lowest BCUT2D eigenvalue weighted by Gasteiger charge is -2.34. The summed E-state index contributed by atoms with van der Waals surface area (Å²) in [5.74, 6) is 0. The Morgan fingerprint density at radius 2 is 2.09 bits per heavy atom. The molecule has 5 nitrogen and oxygen atoms in total. The molecule has 2 aromatic heterocycles. The fourth-order valence-electron chi connectivity index (χ4n) is 2.76. The average Bonchev–Trinajstić information content (AvgIpc) is 2.96. The zero-order valence-corrected chi connectivity index (χ0v) is 14.7. The van der Waals surface area contributed by atoms with E-state index >= 15 is 0 Å². The van der Waals surface area contributed by atoms with Gasteiger partial charge in [0.2, 0.25) is 0 Å². The first-order valence-corrected chi connectivity index (χ1v) is 8.86. The Balaban J connectivity index is 1.57. The number of thiophene rings is 1. The van der Waals surface area contributed by atoms with Gasteiger partial charge >= 0.3 is 6.09 Å². The number of fused-ring (bicyclic) bond motifs is 1. The van der Waals surface area contributed by atoms with Gasteiger partial charge < -0.3 is 15.0 Å². The Kier molecular flexibility index (Phi) is 4.43. The van der Waals surface area contributed by atoms with Crippen LogP contribution in [0.15, 0.2) is 23.8 Å². The Bertz CT molecular complexity index is 684. The normalized spacial score (nSPS) is 16.6. The minimum absolute atomic E-state index is 0.211. The number of ether oxygens (including phenoxy) is 1. The summed E-state index contributed by atoms with van der Waals surface area (Å²) in [4.78, 5) is 18.2. The summed E-state index contributed by atoms with van der Waals surface area (Å²) in [6, 6.07) is 2.49. The van der Waals surface area contributed by atoms with E-state index in [4.69, 9.17) is 4.74 Å². The zero-order valence-electron chi connectivity index (χ0n) is 13.8. The van der Waals surface area contributed by atoms with Gasteiger partial charge in [-0.05, 0) is 45.1 Å². The van der Waals surface area contributed by atoms with Crippen LogP contribution in [0.3, 0.4) is 0 Å². The van der Waals surface area contributed by atoms with Crippen molar-refractivity contribution in [2.75, 3.05) is 18.4 Å². The van der Waals surface area contributed by atoms with Crippen molar-refractivity contribution in [3.8, 4) is 0 Å². The molecule has 0 bridgehead atoms. The molecule has 1 aliphatic rings. The van der Waals surface area contributed by atoms with Gasteiger partial charge in [-0.15, -0.1) is 11.3 Å². The first-order chi connectivity index (χ1) is 10.9. The zero-order chi connectivity index (χ0) is 16.4. The van der Waals surface area contributed by atoms with Crippen LogP contribution in [0.25, 0.3) is 10.1 Å². The molecule has 0 aliphatic carbocycles. The van der Waals surface area contributed by atoms with Gasteiger partial charge in [-0.25, -0.2) is 4.79 Å².